The highest BCUT2D eigenvalue weighted by Crippen LogP contribution is 2.21. The van der Waals surface area contributed by atoms with Crippen LogP contribution < -0.4 is 5.73 Å². The summed E-state index contributed by atoms with van der Waals surface area (Å²) < 4.78 is 38.4. The molecule has 1 aromatic rings. The van der Waals surface area contributed by atoms with Crippen molar-refractivity contribution in [2.45, 2.75) is 12.5 Å². The van der Waals surface area contributed by atoms with Gasteiger partial charge in [-0.2, -0.15) is 5.26 Å². The molecule has 0 saturated carbocycles. The van der Waals surface area contributed by atoms with Crippen LogP contribution in [0.2, 0.25) is 0 Å². The maximum Gasteiger partial charge on any atom is 0.163 e. The van der Waals surface area contributed by atoms with Crippen molar-refractivity contribution >= 4 is 12.4 Å². The Bertz CT molecular complexity index is 390. The molecule has 0 unspecified atom stereocenters. The normalized spacial score (nSPS) is 11.4. The molecule has 1 atom stereocenters. The molecule has 0 aliphatic rings. The summed E-state index contributed by atoms with van der Waals surface area (Å²) >= 11 is 0. The Balaban J connectivity index is 0.00000196. The van der Waals surface area contributed by atoms with E-state index < -0.39 is 23.5 Å². The lowest BCUT2D eigenvalue weighted by Gasteiger charge is -2.09. The van der Waals surface area contributed by atoms with Crippen molar-refractivity contribution in [3.8, 4) is 6.07 Å². The predicted octanol–water partition coefficient (Wildman–Crippen LogP) is 2.44. The van der Waals surface area contributed by atoms with Gasteiger partial charge in [-0.1, -0.05) is 0 Å². The van der Waals surface area contributed by atoms with Crippen LogP contribution in [0.4, 0.5) is 13.2 Å². The van der Waals surface area contributed by atoms with Crippen molar-refractivity contribution in [2.24, 2.45) is 5.73 Å². The number of hydrogen-bond donors (Lipinski definition) is 1. The summed E-state index contributed by atoms with van der Waals surface area (Å²) in [7, 11) is 0. The molecule has 6 heteroatoms. The van der Waals surface area contributed by atoms with E-state index in [1.165, 1.54) is 0 Å². The molecule has 0 radical (unpaired) electrons. The van der Waals surface area contributed by atoms with E-state index in [1.807, 2.05) is 0 Å². The van der Waals surface area contributed by atoms with E-state index in [2.05, 4.69) is 0 Å². The minimum atomic E-state index is -1.30. The third kappa shape index (κ3) is 3.11. The zero-order valence-corrected chi connectivity index (χ0v) is 8.32. The minimum Gasteiger partial charge on any atom is -0.323 e. The number of rotatable bonds is 2. The maximum atomic E-state index is 13.0. The van der Waals surface area contributed by atoms with Gasteiger partial charge in [0.15, 0.2) is 11.6 Å². The Labute approximate surface area is 90.9 Å². The van der Waals surface area contributed by atoms with Crippen molar-refractivity contribution in [1.82, 2.24) is 0 Å². The Kier molecular flexibility index (Phi) is 5.12. The molecule has 0 saturated heterocycles. The molecule has 0 aliphatic heterocycles. The first-order valence-corrected chi connectivity index (χ1v) is 3.83. The van der Waals surface area contributed by atoms with Crippen LogP contribution in [0.1, 0.15) is 18.0 Å². The molecular weight excluding hydrogens is 229 g/mol. The largest absolute Gasteiger partial charge is 0.323 e. The molecule has 0 fully saturated rings. The summed E-state index contributed by atoms with van der Waals surface area (Å²) in [5, 5.41) is 8.29. The van der Waals surface area contributed by atoms with Crippen molar-refractivity contribution in [1.29, 1.82) is 5.26 Å². The molecule has 2 nitrogen and oxygen atoms in total. The van der Waals surface area contributed by atoms with E-state index in [9.17, 15) is 13.2 Å². The van der Waals surface area contributed by atoms with E-state index in [0.717, 1.165) is 6.07 Å². The number of benzene rings is 1. The number of nitrogens with two attached hydrogens (primary N) is 1. The van der Waals surface area contributed by atoms with Crippen molar-refractivity contribution in [3.05, 3.63) is 35.1 Å². The summed E-state index contributed by atoms with van der Waals surface area (Å²) in [5.74, 6) is -3.41. The van der Waals surface area contributed by atoms with Gasteiger partial charge >= 0.3 is 0 Å². The summed E-state index contributed by atoms with van der Waals surface area (Å²) in [6.45, 7) is 0. The van der Waals surface area contributed by atoms with Gasteiger partial charge in [-0.3, -0.25) is 0 Å². The van der Waals surface area contributed by atoms with Crippen LogP contribution in [0.5, 0.6) is 0 Å². The number of hydrogen-bond acceptors (Lipinski definition) is 2. The molecule has 0 bridgehead atoms. The van der Waals surface area contributed by atoms with Gasteiger partial charge in [0.2, 0.25) is 0 Å². The fraction of sp³-hybridized carbons (Fsp3) is 0.222. The molecule has 0 amide bonds. The fourth-order valence-electron chi connectivity index (χ4n) is 1.05. The summed E-state index contributed by atoms with van der Waals surface area (Å²) in [5.41, 5.74) is 5.03. The quantitative estimate of drug-likeness (QED) is 0.802. The molecule has 0 heterocycles. The molecule has 2 N–H and O–H groups in total. The van der Waals surface area contributed by atoms with E-state index in [4.69, 9.17) is 11.0 Å². The molecule has 1 rings (SSSR count). The molecule has 0 aromatic heterocycles. The maximum absolute atomic E-state index is 13.0. The van der Waals surface area contributed by atoms with E-state index in [0.29, 0.717) is 6.07 Å². The monoisotopic (exact) mass is 236 g/mol. The van der Waals surface area contributed by atoms with Crippen molar-refractivity contribution in [3.63, 3.8) is 0 Å². The van der Waals surface area contributed by atoms with E-state index >= 15 is 0 Å². The van der Waals surface area contributed by atoms with Crippen LogP contribution >= 0.6 is 12.4 Å². The van der Waals surface area contributed by atoms with Gasteiger partial charge in [0, 0.05) is 17.7 Å². The van der Waals surface area contributed by atoms with Crippen LogP contribution in [0.3, 0.4) is 0 Å². The number of nitriles is 1. The number of halogens is 4. The van der Waals surface area contributed by atoms with Gasteiger partial charge in [0.25, 0.3) is 0 Å². The van der Waals surface area contributed by atoms with Crippen LogP contribution in [-0.4, -0.2) is 0 Å². The fourth-order valence-corrected chi connectivity index (χ4v) is 1.05. The second kappa shape index (κ2) is 5.59. The smallest absolute Gasteiger partial charge is 0.163 e. The summed E-state index contributed by atoms with van der Waals surface area (Å²) in [6.07, 6.45) is -0.195. The van der Waals surface area contributed by atoms with Gasteiger partial charge in [0.05, 0.1) is 12.5 Å². The average Bonchev–Trinajstić information content (AvgIpc) is 2.11. The first kappa shape index (κ1) is 13.8. The van der Waals surface area contributed by atoms with E-state index in [1.54, 1.807) is 6.07 Å². The molecule has 15 heavy (non-hydrogen) atoms. The van der Waals surface area contributed by atoms with Gasteiger partial charge in [-0.15, -0.1) is 12.4 Å². The van der Waals surface area contributed by atoms with Crippen LogP contribution in [0.25, 0.3) is 0 Å². The zero-order chi connectivity index (χ0) is 10.7. The second-order valence-corrected chi connectivity index (χ2v) is 2.76. The van der Waals surface area contributed by atoms with Crippen molar-refractivity contribution < 1.29 is 13.2 Å². The molecule has 0 aliphatic carbocycles. The molecule has 0 spiro atoms. The van der Waals surface area contributed by atoms with Crippen LogP contribution in [0.15, 0.2) is 12.1 Å². The van der Waals surface area contributed by atoms with Crippen LogP contribution in [-0.2, 0) is 0 Å². The van der Waals surface area contributed by atoms with Gasteiger partial charge in [-0.05, 0) is 6.07 Å². The lowest BCUT2D eigenvalue weighted by Crippen LogP contribution is -2.12. The highest BCUT2D eigenvalue weighted by atomic mass is 35.5. The first-order chi connectivity index (χ1) is 6.56. The lowest BCUT2D eigenvalue weighted by atomic mass is 10.0. The van der Waals surface area contributed by atoms with Crippen molar-refractivity contribution in [2.75, 3.05) is 0 Å². The van der Waals surface area contributed by atoms with Gasteiger partial charge in [-0.25, -0.2) is 13.2 Å². The topological polar surface area (TPSA) is 49.8 Å². The summed E-state index contributed by atoms with van der Waals surface area (Å²) in [4.78, 5) is 0. The Morgan fingerprint density at radius 1 is 1.33 bits per heavy atom. The average molecular weight is 237 g/mol. The third-order valence-corrected chi connectivity index (χ3v) is 1.73. The highest BCUT2D eigenvalue weighted by molar-refractivity contribution is 5.85. The number of nitrogens with zero attached hydrogens (tertiary/aromatic N) is 1. The zero-order valence-electron chi connectivity index (χ0n) is 7.51. The second-order valence-electron chi connectivity index (χ2n) is 2.76. The summed E-state index contributed by atoms with van der Waals surface area (Å²) in [6, 6.07) is 1.91. The van der Waals surface area contributed by atoms with Gasteiger partial charge < -0.3 is 5.73 Å². The molecular formula is C9H8ClF3N2. The van der Waals surface area contributed by atoms with Gasteiger partial charge in [0.1, 0.15) is 5.82 Å². The molecule has 82 valence electrons. The Hall–Kier alpha value is -1.25. The highest BCUT2D eigenvalue weighted by Gasteiger charge is 2.16. The van der Waals surface area contributed by atoms with Crippen LogP contribution in [0, 0.1) is 28.8 Å². The minimum absolute atomic E-state index is 0. The molecule has 1 aromatic carbocycles. The third-order valence-electron chi connectivity index (χ3n) is 1.73. The Morgan fingerprint density at radius 2 is 1.93 bits per heavy atom. The first-order valence-electron chi connectivity index (χ1n) is 3.83. The SMILES string of the molecule is Cl.N#CC[C@H](N)c1cc(F)cc(F)c1F. The predicted molar refractivity (Wildman–Crippen MR) is 50.7 cm³/mol. The Morgan fingerprint density at radius 3 is 2.47 bits per heavy atom. The lowest BCUT2D eigenvalue weighted by molar-refractivity contribution is 0.475. The van der Waals surface area contributed by atoms with E-state index in [-0.39, 0.29) is 24.4 Å². The standard InChI is InChI=1S/C9H7F3N2.ClH/c10-5-3-6(8(14)1-2-13)9(12)7(11)4-5;/h3-4,8H,1,14H2;1H/t8-;/m0./s1.